The van der Waals surface area contributed by atoms with E-state index in [-0.39, 0.29) is 0 Å². The summed E-state index contributed by atoms with van der Waals surface area (Å²) in [7, 11) is 0. The van der Waals surface area contributed by atoms with E-state index in [2.05, 4.69) is 32.0 Å². The van der Waals surface area contributed by atoms with Crippen LogP contribution in [0, 0.1) is 11.3 Å². The number of rotatable bonds is 3. The second-order valence-corrected chi connectivity index (χ2v) is 5.00. The molecule has 0 aliphatic carbocycles. The summed E-state index contributed by atoms with van der Waals surface area (Å²) in [6, 6.07) is 2.08. The topological polar surface area (TPSA) is 49.6 Å². The maximum Gasteiger partial charge on any atom is 0.189 e. The Morgan fingerprint density at radius 2 is 2.21 bits per heavy atom. The summed E-state index contributed by atoms with van der Waals surface area (Å²) in [5.74, 6) is 0.923. The van der Waals surface area contributed by atoms with Gasteiger partial charge in [0, 0.05) is 0 Å². The summed E-state index contributed by atoms with van der Waals surface area (Å²) < 4.78 is 0.579. The van der Waals surface area contributed by atoms with Crippen molar-refractivity contribution in [3.63, 3.8) is 0 Å². The first-order valence-electron chi connectivity index (χ1n) is 3.87. The normalized spacial score (nSPS) is 9.86. The van der Waals surface area contributed by atoms with E-state index in [9.17, 15) is 0 Å². The van der Waals surface area contributed by atoms with Crippen LogP contribution in [0.5, 0.6) is 0 Å². The molecule has 0 fully saturated rings. The number of nitrogens with zero attached hydrogens (tertiary/aromatic N) is 3. The fourth-order valence-corrected chi connectivity index (χ4v) is 2.68. The molecule has 1 aromatic heterocycles. The highest BCUT2D eigenvalue weighted by Gasteiger charge is 2.11. The van der Waals surface area contributed by atoms with Gasteiger partial charge >= 0.3 is 0 Å². The molecule has 0 unspecified atom stereocenters. The lowest BCUT2D eigenvalue weighted by Gasteiger charge is -2.03. The van der Waals surface area contributed by atoms with E-state index in [4.69, 9.17) is 5.26 Å². The molecule has 0 bridgehead atoms. The SMILES string of the molecule is CCSc1nc(Br)c(C#N)c(SC)n1. The zero-order valence-electron chi connectivity index (χ0n) is 7.74. The number of aromatic nitrogens is 2. The largest absolute Gasteiger partial charge is 0.215 e. The molecule has 1 heterocycles. The summed E-state index contributed by atoms with van der Waals surface area (Å²) in [4.78, 5) is 8.45. The molecule has 1 aromatic rings. The predicted molar refractivity (Wildman–Crippen MR) is 62.6 cm³/mol. The van der Waals surface area contributed by atoms with Crippen LogP contribution >= 0.6 is 39.5 Å². The van der Waals surface area contributed by atoms with Gasteiger partial charge in [-0.1, -0.05) is 18.7 Å². The van der Waals surface area contributed by atoms with Crippen LogP contribution in [-0.2, 0) is 0 Å². The van der Waals surface area contributed by atoms with Gasteiger partial charge in [-0.25, -0.2) is 9.97 Å². The molecule has 0 atom stereocenters. The lowest BCUT2D eigenvalue weighted by Crippen LogP contribution is -1.95. The molecule has 0 aliphatic heterocycles. The summed E-state index contributed by atoms with van der Waals surface area (Å²) in [5.41, 5.74) is 0.512. The van der Waals surface area contributed by atoms with Gasteiger partial charge in [0.15, 0.2) is 5.16 Å². The molecule has 0 radical (unpaired) electrons. The lowest BCUT2D eigenvalue weighted by molar-refractivity contribution is 0.867. The molecule has 0 aliphatic rings. The van der Waals surface area contributed by atoms with Crippen molar-refractivity contribution in [2.45, 2.75) is 17.1 Å². The molecule has 3 nitrogen and oxygen atoms in total. The highest BCUT2D eigenvalue weighted by Crippen LogP contribution is 2.26. The van der Waals surface area contributed by atoms with Crippen LogP contribution in [0.1, 0.15) is 12.5 Å². The van der Waals surface area contributed by atoms with Crippen LogP contribution < -0.4 is 0 Å². The Balaban J connectivity index is 3.19. The molecule has 1 rings (SSSR count). The number of thioether (sulfide) groups is 2. The Labute approximate surface area is 99.8 Å². The van der Waals surface area contributed by atoms with E-state index in [1.807, 2.05) is 13.2 Å². The molecular formula is C8H8BrN3S2. The first-order valence-corrected chi connectivity index (χ1v) is 6.87. The lowest BCUT2D eigenvalue weighted by atomic mass is 10.4. The molecule has 74 valence electrons. The summed E-state index contributed by atoms with van der Waals surface area (Å²) in [6.07, 6.45) is 1.90. The molecule has 0 saturated heterocycles. The third kappa shape index (κ3) is 2.62. The van der Waals surface area contributed by atoms with Gasteiger partial charge in [0.2, 0.25) is 0 Å². The first kappa shape index (κ1) is 11.8. The highest BCUT2D eigenvalue weighted by molar-refractivity contribution is 9.10. The van der Waals surface area contributed by atoms with Gasteiger partial charge in [0.1, 0.15) is 21.3 Å². The van der Waals surface area contributed by atoms with Crippen molar-refractivity contribution in [1.82, 2.24) is 9.97 Å². The summed E-state index contributed by atoms with van der Waals surface area (Å²) in [6.45, 7) is 2.04. The standard InChI is InChI=1S/C8H8BrN3S2/c1-3-14-8-11-6(9)5(4-10)7(12-8)13-2/h3H2,1-2H3. The van der Waals surface area contributed by atoms with Crippen LogP contribution in [0.4, 0.5) is 0 Å². The molecule has 0 saturated carbocycles. The minimum absolute atomic E-state index is 0.512. The Morgan fingerprint density at radius 3 is 2.71 bits per heavy atom. The average molecular weight is 290 g/mol. The van der Waals surface area contributed by atoms with E-state index in [1.54, 1.807) is 11.8 Å². The van der Waals surface area contributed by atoms with Crippen LogP contribution in [0.3, 0.4) is 0 Å². The monoisotopic (exact) mass is 289 g/mol. The van der Waals surface area contributed by atoms with E-state index in [0.717, 1.165) is 10.8 Å². The van der Waals surface area contributed by atoms with Crippen molar-refractivity contribution in [3.8, 4) is 6.07 Å². The van der Waals surface area contributed by atoms with E-state index in [1.165, 1.54) is 11.8 Å². The zero-order chi connectivity index (χ0) is 10.6. The van der Waals surface area contributed by atoms with Crippen molar-refractivity contribution in [3.05, 3.63) is 10.2 Å². The van der Waals surface area contributed by atoms with E-state index >= 15 is 0 Å². The second-order valence-electron chi connectivity index (χ2n) is 2.23. The Bertz CT molecular complexity index is 376. The minimum atomic E-state index is 0.512. The number of hydrogen-bond donors (Lipinski definition) is 0. The first-order chi connectivity index (χ1) is 6.72. The van der Waals surface area contributed by atoms with E-state index < -0.39 is 0 Å². The molecule has 0 N–H and O–H groups in total. The van der Waals surface area contributed by atoms with Crippen molar-refractivity contribution >= 4 is 39.5 Å². The Hall–Kier alpha value is -0.250. The van der Waals surface area contributed by atoms with Gasteiger partial charge in [-0.05, 0) is 27.9 Å². The maximum absolute atomic E-state index is 8.87. The zero-order valence-corrected chi connectivity index (χ0v) is 11.0. The minimum Gasteiger partial charge on any atom is -0.215 e. The van der Waals surface area contributed by atoms with Gasteiger partial charge in [-0.2, -0.15) is 5.26 Å². The second kappa shape index (κ2) is 5.59. The highest BCUT2D eigenvalue weighted by atomic mass is 79.9. The Morgan fingerprint density at radius 1 is 1.50 bits per heavy atom. The smallest absolute Gasteiger partial charge is 0.189 e. The molecule has 14 heavy (non-hydrogen) atoms. The third-order valence-electron chi connectivity index (χ3n) is 1.39. The molecule has 0 aromatic carbocycles. The van der Waals surface area contributed by atoms with Crippen molar-refractivity contribution in [2.75, 3.05) is 12.0 Å². The van der Waals surface area contributed by atoms with Gasteiger partial charge in [0.25, 0.3) is 0 Å². The van der Waals surface area contributed by atoms with E-state index in [0.29, 0.717) is 15.3 Å². The van der Waals surface area contributed by atoms with Crippen LogP contribution in [0.15, 0.2) is 14.8 Å². The van der Waals surface area contributed by atoms with Crippen LogP contribution in [0.25, 0.3) is 0 Å². The van der Waals surface area contributed by atoms with Crippen LogP contribution in [-0.4, -0.2) is 22.0 Å². The average Bonchev–Trinajstić information content (AvgIpc) is 2.17. The molecule has 6 heteroatoms. The fourth-order valence-electron chi connectivity index (χ4n) is 0.831. The number of nitriles is 1. The molecule has 0 spiro atoms. The van der Waals surface area contributed by atoms with Crippen LogP contribution in [0.2, 0.25) is 0 Å². The van der Waals surface area contributed by atoms with Gasteiger partial charge < -0.3 is 0 Å². The Kier molecular flexibility index (Phi) is 4.72. The summed E-state index contributed by atoms with van der Waals surface area (Å²) in [5, 5.41) is 10.3. The van der Waals surface area contributed by atoms with Crippen molar-refractivity contribution < 1.29 is 0 Å². The maximum atomic E-state index is 8.87. The van der Waals surface area contributed by atoms with Crippen molar-refractivity contribution in [1.29, 1.82) is 5.26 Å². The molecular weight excluding hydrogens is 282 g/mol. The third-order valence-corrected chi connectivity index (χ3v) is 3.38. The van der Waals surface area contributed by atoms with Gasteiger partial charge in [0.05, 0.1) is 0 Å². The fraction of sp³-hybridized carbons (Fsp3) is 0.375. The van der Waals surface area contributed by atoms with Crippen molar-refractivity contribution in [2.24, 2.45) is 0 Å². The number of halogens is 1. The predicted octanol–water partition coefficient (Wildman–Crippen LogP) is 2.94. The molecule has 0 amide bonds. The van der Waals surface area contributed by atoms with Gasteiger partial charge in [-0.3, -0.25) is 0 Å². The number of hydrogen-bond acceptors (Lipinski definition) is 5. The quantitative estimate of drug-likeness (QED) is 0.486. The summed E-state index contributed by atoms with van der Waals surface area (Å²) >= 11 is 6.29. The van der Waals surface area contributed by atoms with Gasteiger partial charge in [-0.15, -0.1) is 11.8 Å².